The number of benzene rings is 1. The van der Waals surface area contributed by atoms with E-state index in [0.717, 1.165) is 23.4 Å². The van der Waals surface area contributed by atoms with E-state index in [1.807, 2.05) is 30.5 Å². The zero-order chi connectivity index (χ0) is 15.2. The Bertz CT molecular complexity index is 586. The molecule has 4 nitrogen and oxygen atoms in total. The highest BCUT2D eigenvalue weighted by molar-refractivity contribution is 5.52. The number of rotatable bonds is 6. The molecule has 0 bridgehead atoms. The summed E-state index contributed by atoms with van der Waals surface area (Å²) in [5.74, 6) is 0.937. The second-order valence-electron chi connectivity index (χ2n) is 5.18. The van der Waals surface area contributed by atoms with Gasteiger partial charge in [0.1, 0.15) is 5.75 Å². The van der Waals surface area contributed by atoms with Gasteiger partial charge in [-0.05, 0) is 31.0 Å². The van der Waals surface area contributed by atoms with Crippen LogP contribution < -0.4 is 15.4 Å². The predicted octanol–water partition coefficient (Wildman–Crippen LogP) is 2.62. The van der Waals surface area contributed by atoms with Gasteiger partial charge in [-0.1, -0.05) is 18.2 Å². The van der Waals surface area contributed by atoms with E-state index in [2.05, 4.69) is 29.9 Å². The SMILES string of the molecule is COc1ccccc1CC(C)N(C)c1ccncc1CN. The zero-order valence-electron chi connectivity index (χ0n) is 12.9. The number of hydrogen-bond donors (Lipinski definition) is 1. The lowest BCUT2D eigenvalue weighted by Crippen LogP contribution is -2.32. The van der Waals surface area contributed by atoms with E-state index in [9.17, 15) is 0 Å². The Labute approximate surface area is 126 Å². The molecule has 1 aromatic heterocycles. The second kappa shape index (κ2) is 7.09. The van der Waals surface area contributed by atoms with Crippen molar-refractivity contribution >= 4 is 5.69 Å². The normalized spacial score (nSPS) is 12.0. The van der Waals surface area contributed by atoms with Crippen LogP contribution in [0.3, 0.4) is 0 Å². The molecule has 4 heteroatoms. The van der Waals surface area contributed by atoms with E-state index in [0.29, 0.717) is 12.6 Å². The Morgan fingerprint density at radius 3 is 2.71 bits per heavy atom. The van der Waals surface area contributed by atoms with Crippen molar-refractivity contribution in [3.63, 3.8) is 0 Å². The largest absolute Gasteiger partial charge is 0.496 e. The third-order valence-corrected chi connectivity index (χ3v) is 3.85. The average Bonchev–Trinajstić information content (AvgIpc) is 2.54. The van der Waals surface area contributed by atoms with Crippen LogP contribution in [0, 0.1) is 0 Å². The summed E-state index contributed by atoms with van der Waals surface area (Å²) in [6, 6.07) is 10.5. The molecule has 21 heavy (non-hydrogen) atoms. The van der Waals surface area contributed by atoms with Crippen LogP contribution in [-0.2, 0) is 13.0 Å². The molecule has 112 valence electrons. The van der Waals surface area contributed by atoms with Crippen molar-refractivity contribution in [1.29, 1.82) is 0 Å². The Hall–Kier alpha value is -2.07. The van der Waals surface area contributed by atoms with Gasteiger partial charge in [-0.2, -0.15) is 0 Å². The minimum Gasteiger partial charge on any atom is -0.496 e. The van der Waals surface area contributed by atoms with Crippen LogP contribution in [0.25, 0.3) is 0 Å². The summed E-state index contributed by atoms with van der Waals surface area (Å²) in [7, 11) is 3.80. The minimum atomic E-state index is 0.328. The van der Waals surface area contributed by atoms with Crippen LogP contribution in [0.5, 0.6) is 5.75 Å². The summed E-state index contributed by atoms with van der Waals surface area (Å²) >= 11 is 0. The van der Waals surface area contributed by atoms with Crippen LogP contribution in [0.4, 0.5) is 5.69 Å². The van der Waals surface area contributed by atoms with Gasteiger partial charge in [-0.15, -0.1) is 0 Å². The first-order chi connectivity index (χ1) is 10.2. The highest BCUT2D eigenvalue weighted by Crippen LogP contribution is 2.24. The molecule has 1 heterocycles. The molecular weight excluding hydrogens is 262 g/mol. The van der Waals surface area contributed by atoms with Crippen LogP contribution in [-0.4, -0.2) is 25.2 Å². The smallest absolute Gasteiger partial charge is 0.122 e. The molecule has 0 fully saturated rings. The fraction of sp³-hybridized carbons (Fsp3) is 0.353. The number of ether oxygens (including phenoxy) is 1. The van der Waals surface area contributed by atoms with E-state index in [-0.39, 0.29) is 0 Å². The molecule has 0 amide bonds. The van der Waals surface area contributed by atoms with Crippen molar-refractivity contribution in [2.75, 3.05) is 19.1 Å². The molecule has 0 saturated heterocycles. The maximum Gasteiger partial charge on any atom is 0.122 e. The van der Waals surface area contributed by atoms with Crippen molar-refractivity contribution in [1.82, 2.24) is 4.98 Å². The summed E-state index contributed by atoms with van der Waals surface area (Å²) in [4.78, 5) is 6.39. The third-order valence-electron chi connectivity index (χ3n) is 3.85. The molecule has 0 aliphatic carbocycles. The predicted molar refractivity (Wildman–Crippen MR) is 86.7 cm³/mol. The lowest BCUT2D eigenvalue weighted by atomic mass is 10.0. The summed E-state index contributed by atoms with van der Waals surface area (Å²) in [6.45, 7) is 2.70. The number of likely N-dealkylation sites (N-methyl/N-ethyl adjacent to an activating group) is 1. The Kier molecular flexibility index (Phi) is 5.17. The second-order valence-corrected chi connectivity index (χ2v) is 5.18. The number of anilines is 1. The molecule has 0 radical (unpaired) electrons. The van der Waals surface area contributed by atoms with Gasteiger partial charge in [0.05, 0.1) is 7.11 Å². The number of methoxy groups -OCH3 is 1. The number of nitrogens with two attached hydrogens (primary N) is 1. The van der Waals surface area contributed by atoms with Gasteiger partial charge in [-0.3, -0.25) is 4.98 Å². The van der Waals surface area contributed by atoms with Crippen LogP contribution in [0.1, 0.15) is 18.1 Å². The molecule has 2 rings (SSSR count). The standard InChI is InChI=1S/C17H23N3O/c1-13(10-14-6-4-5-7-17(14)21-3)20(2)16-8-9-19-12-15(16)11-18/h4-9,12-13H,10-11,18H2,1-3H3. The lowest BCUT2D eigenvalue weighted by molar-refractivity contribution is 0.408. The molecule has 1 aromatic carbocycles. The number of nitrogens with zero attached hydrogens (tertiary/aromatic N) is 2. The molecule has 0 saturated carbocycles. The summed E-state index contributed by atoms with van der Waals surface area (Å²) in [5.41, 5.74) is 9.21. The van der Waals surface area contributed by atoms with E-state index >= 15 is 0 Å². The quantitative estimate of drug-likeness (QED) is 0.886. The van der Waals surface area contributed by atoms with Crippen LogP contribution in [0.15, 0.2) is 42.7 Å². The summed E-state index contributed by atoms with van der Waals surface area (Å²) < 4.78 is 5.43. The van der Waals surface area contributed by atoms with Crippen molar-refractivity contribution in [3.8, 4) is 5.75 Å². The van der Waals surface area contributed by atoms with Crippen LogP contribution >= 0.6 is 0 Å². The van der Waals surface area contributed by atoms with Crippen LogP contribution in [0.2, 0.25) is 0 Å². The molecule has 2 aromatic rings. The van der Waals surface area contributed by atoms with Crippen molar-refractivity contribution in [2.24, 2.45) is 5.73 Å². The summed E-state index contributed by atoms with van der Waals surface area (Å²) in [6.07, 6.45) is 4.55. The van der Waals surface area contributed by atoms with Crippen molar-refractivity contribution in [2.45, 2.75) is 25.9 Å². The minimum absolute atomic E-state index is 0.328. The van der Waals surface area contributed by atoms with Crippen molar-refractivity contribution < 1.29 is 4.74 Å². The molecule has 0 aliphatic heterocycles. The zero-order valence-corrected chi connectivity index (χ0v) is 12.9. The Balaban J connectivity index is 2.17. The van der Waals surface area contributed by atoms with E-state index in [4.69, 9.17) is 10.5 Å². The lowest BCUT2D eigenvalue weighted by Gasteiger charge is -2.29. The third kappa shape index (κ3) is 3.52. The number of hydrogen-bond acceptors (Lipinski definition) is 4. The van der Waals surface area contributed by atoms with E-state index < -0.39 is 0 Å². The van der Waals surface area contributed by atoms with E-state index in [1.165, 1.54) is 5.56 Å². The van der Waals surface area contributed by atoms with Gasteiger partial charge >= 0.3 is 0 Å². The van der Waals surface area contributed by atoms with Gasteiger partial charge in [-0.25, -0.2) is 0 Å². The topological polar surface area (TPSA) is 51.4 Å². The molecule has 0 spiro atoms. The number of aromatic nitrogens is 1. The van der Waals surface area contributed by atoms with Gasteiger partial charge in [0.2, 0.25) is 0 Å². The Morgan fingerprint density at radius 2 is 2.00 bits per heavy atom. The molecule has 1 unspecified atom stereocenters. The first-order valence-corrected chi connectivity index (χ1v) is 7.15. The number of para-hydroxylation sites is 1. The maximum absolute atomic E-state index is 5.80. The van der Waals surface area contributed by atoms with Gasteiger partial charge in [0.15, 0.2) is 0 Å². The monoisotopic (exact) mass is 285 g/mol. The highest BCUT2D eigenvalue weighted by Gasteiger charge is 2.15. The Morgan fingerprint density at radius 1 is 1.24 bits per heavy atom. The fourth-order valence-electron chi connectivity index (χ4n) is 2.49. The van der Waals surface area contributed by atoms with Gasteiger partial charge in [0.25, 0.3) is 0 Å². The van der Waals surface area contributed by atoms with E-state index in [1.54, 1.807) is 13.3 Å². The molecule has 1 atom stereocenters. The summed E-state index contributed by atoms with van der Waals surface area (Å²) in [5, 5.41) is 0. The molecular formula is C17H23N3O. The fourth-order valence-corrected chi connectivity index (χ4v) is 2.49. The van der Waals surface area contributed by atoms with Gasteiger partial charge < -0.3 is 15.4 Å². The first-order valence-electron chi connectivity index (χ1n) is 7.15. The average molecular weight is 285 g/mol. The number of pyridine rings is 1. The van der Waals surface area contributed by atoms with Crippen molar-refractivity contribution in [3.05, 3.63) is 53.9 Å². The highest BCUT2D eigenvalue weighted by atomic mass is 16.5. The molecule has 2 N–H and O–H groups in total. The maximum atomic E-state index is 5.80. The first kappa shape index (κ1) is 15.3. The van der Waals surface area contributed by atoms with Gasteiger partial charge in [0, 0.05) is 43.3 Å². The molecule has 0 aliphatic rings.